The van der Waals surface area contributed by atoms with Crippen molar-refractivity contribution in [2.75, 3.05) is 7.11 Å². The summed E-state index contributed by atoms with van der Waals surface area (Å²) in [7, 11) is 1.49. The number of phenols is 1. The number of phenolic OH excluding ortho intramolecular Hbond substituents is 1. The van der Waals surface area contributed by atoms with E-state index < -0.39 is 0 Å². The van der Waals surface area contributed by atoms with E-state index in [9.17, 15) is 5.11 Å². The van der Waals surface area contributed by atoms with Crippen LogP contribution >= 0.6 is 31.9 Å². The van der Waals surface area contributed by atoms with E-state index in [2.05, 4.69) is 37.9 Å². The monoisotopic (exact) mass is 279 g/mol. The largest absolute Gasteiger partial charge is 0.503 e. The standard InChI is InChI=1S/C7H5Br2O2/c1-11-5-3-2-4(8)6(9)7(5)10/h3,10H,1H3. The van der Waals surface area contributed by atoms with Gasteiger partial charge in [-0.05, 0) is 37.9 Å². The first-order valence-electron chi connectivity index (χ1n) is 2.79. The van der Waals surface area contributed by atoms with Gasteiger partial charge in [-0.3, -0.25) is 0 Å². The molecule has 1 radical (unpaired) electrons. The van der Waals surface area contributed by atoms with Gasteiger partial charge in [0.1, 0.15) is 0 Å². The van der Waals surface area contributed by atoms with Gasteiger partial charge in [-0.2, -0.15) is 0 Å². The zero-order valence-corrected chi connectivity index (χ0v) is 8.86. The summed E-state index contributed by atoms with van der Waals surface area (Å²) in [6.45, 7) is 0. The lowest BCUT2D eigenvalue weighted by Gasteiger charge is -2.04. The molecule has 0 amide bonds. The lowest BCUT2D eigenvalue weighted by Crippen LogP contribution is -1.84. The molecule has 1 aromatic carbocycles. The van der Waals surface area contributed by atoms with Gasteiger partial charge in [0.15, 0.2) is 11.5 Å². The third-order valence-electron chi connectivity index (χ3n) is 1.18. The molecule has 0 saturated heterocycles. The summed E-state index contributed by atoms with van der Waals surface area (Å²) in [6.07, 6.45) is 0. The number of methoxy groups -OCH3 is 1. The molecule has 2 nitrogen and oxygen atoms in total. The lowest BCUT2D eigenvalue weighted by atomic mass is 10.3. The van der Waals surface area contributed by atoms with Gasteiger partial charge < -0.3 is 9.84 Å². The summed E-state index contributed by atoms with van der Waals surface area (Å²) in [5, 5.41) is 9.36. The quantitative estimate of drug-likeness (QED) is 0.857. The highest BCUT2D eigenvalue weighted by atomic mass is 79.9. The van der Waals surface area contributed by atoms with Crippen molar-refractivity contribution in [2.45, 2.75) is 0 Å². The Bertz CT molecular complexity index is 273. The van der Waals surface area contributed by atoms with Gasteiger partial charge in [0, 0.05) is 10.5 Å². The molecular weight excluding hydrogens is 276 g/mol. The van der Waals surface area contributed by atoms with E-state index >= 15 is 0 Å². The Hall–Kier alpha value is -0.220. The van der Waals surface area contributed by atoms with Gasteiger partial charge in [0.2, 0.25) is 0 Å². The van der Waals surface area contributed by atoms with Crippen molar-refractivity contribution in [3.05, 3.63) is 21.1 Å². The van der Waals surface area contributed by atoms with Crippen LogP contribution in [0.1, 0.15) is 0 Å². The number of aromatic hydroxyl groups is 1. The van der Waals surface area contributed by atoms with Crippen molar-refractivity contribution in [3.63, 3.8) is 0 Å². The van der Waals surface area contributed by atoms with Crippen molar-refractivity contribution in [2.24, 2.45) is 0 Å². The molecule has 1 rings (SSSR count). The first-order chi connectivity index (χ1) is 5.16. The van der Waals surface area contributed by atoms with Crippen LogP contribution in [0.15, 0.2) is 15.0 Å². The molecule has 0 bridgehead atoms. The van der Waals surface area contributed by atoms with Crippen LogP contribution in [0.5, 0.6) is 11.5 Å². The van der Waals surface area contributed by atoms with E-state index in [1.165, 1.54) is 7.11 Å². The first kappa shape index (κ1) is 8.87. The molecule has 0 aliphatic rings. The maximum absolute atomic E-state index is 9.36. The normalized spacial score (nSPS) is 9.73. The maximum Gasteiger partial charge on any atom is 0.173 e. The average Bonchev–Trinajstić information content (AvgIpc) is 2.01. The molecular formula is C7H5Br2O2. The van der Waals surface area contributed by atoms with Crippen molar-refractivity contribution >= 4 is 31.9 Å². The summed E-state index contributed by atoms with van der Waals surface area (Å²) in [6, 6.07) is 4.40. The van der Waals surface area contributed by atoms with Crippen LogP contribution < -0.4 is 4.74 Å². The summed E-state index contributed by atoms with van der Waals surface area (Å²) < 4.78 is 6.08. The third-order valence-corrected chi connectivity index (χ3v) is 3.11. The number of rotatable bonds is 1. The lowest BCUT2D eigenvalue weighted by molar-refractivity contribution is 0.371. The molecule has 4 heteroatoms. The average molecular weight is 281 g/mol. The zero-order valence-electron chi connectivity index (χ0n) is 5.69. The van der Waals surface area contributed by atoms with Gasteiger partial charge in [0.25, 0.3) is 0 Å². The minimum absolute atomic E-state index is 0.0816. The van der Waals surface area contributed by atoms with Gasteiger partial charge >= 0.3 is 0 Å². The van der Waals surface area contributed by atoms with Gasteiger partial charge in [0.05, 0.1) is 11.6 Å². The van der Waals surface area contributed by atoms with E-state index in [-0.39, 0.29) is 5.75 Å². The fraction of sp³-hybridized carbons (Fsp3) is 0.143. The molecule has 0 saturated carbocycles. The number of hydrogen-bond acceptors (Lipinski definition) is 2. The molecule has 0 aromatic heterocycles. The minimum atomic E-state index is 0.0816. The van der Waals surface area contributed by atoms with Crippen molar-refractivity contribution < 1.29 is 9.84 Å². The first-order valence-corrected chi connectivity index (χ1v) is 4.38. The summed E-state index contributed by atoms with van der Waals surface area (Å²) >= 11 is 6.35. The maximum atomic E-state index is 9.36. The SMILES string of the molecule is COc1c[c]c(Br)c(Br)c1O. The third kappa shape index (κ3) is 1.68. The second-order valence-corrected chi connectivity index (χ2v) is 3.42. The molecule has 0 aliphatic heterocycles. The molecule has 0 heterocycles. The molecule has 1 aromatic rings. The van der Waals surface area contributed by atoms with Crippen LogP contribution in [0, 0.1) is 6.07 Å². The molecule has 0 aliphatic carbocycles. The smallest absolute Gasteiger partial charge is 0.173 e. The van der Waals surface area contributed by atoms with Crippen LogP contribution in [0.4, 0.5) is 0 Å². The van der Waals surface area contributed by atoms with Crippen molar-refractivity contribution in [1.29, 1.82) is 0 Å². The molecule has 0 unspecified atom stereocenters. The van der Waals surface area contributed by atoms with Crippen LogP contribution in [-0.4, -0.2) is 12.2 Å². The number of halogens is 2. The minimum Gasteiger partial charge on any atom is -0.503 e. The van der Waals surface area contributed by atoms with E-state index in [1.54, 1.807) is 6.07 Å². The second kappa shape index (κ2) is 3.45. The molecule has 59 valence electrons. The highest BCUT2D eigenvalue weighted by Crippen LogP contribution is 2.38. The fourth-order valence-corrected chi connectivity index (χ4v) is 1.24. The summed E-state index contributed by atoms with van der Waals surface area (Å²) in [5.41, 5.74) is 0. The van der Waals surface area contributed by atoms with E-state index in [1.807, 2.05) is 0 Å². The van der Waals surface area contributed by atoms with Gasteiger partial charge in [-0.15, -0.1) is 0 Å². The van der Waals surface area contributed by atoms with Gasteiger partial charge in [-0.1, -0.05) is 0 Å². The van der Waals surface area contributed by atoms with E-state index in [0.29, 0.717) is 14.7 Å². The summed E-state index contributed by atoms with van der Waals surface area (Å²) in [4.78, 5) is 0. The predicted molar refractivity (Wildman–Crippen MR) is 48.9 cm³/mol. The van der Waals surface area contributed by atoms with Crippen molar-refractivity contribution in [3.8, 4) is 11.5 Å². The predicted octanol–water partition coefficient (Wildman–Crippen LogP) is 2.73. The Morgan fingerprint density at radius 2 is 2.18 bits per heavy atom. The van der Waals surface area contributed by atoms with E-state index in [0.717, 1.165) is 0 Å². The molecule has 0 spiro atoms. The number of ether oxygens (including phenoxy) is 1. The van der Waals surface area contributed by atoms with Crippen LogP contribution in [0.3, 0.4) is 0 Å². The highest BCUT2D eigenvalue weighted by Gasteiger charge is 2.08. The van der Waals surface area contributed by atoms with Crippen LogP contribution in [0.2, 0.25) is 0 Å². The van der Waals surface area contributed by atoms with Crippen LogP contribution in [-0.2, 0) is 0 Å². The molecule has 0 atom stereocenters. The summed E-state index contributed by atoms with van der Waals surface area (Å²) in [5.74, 6) is 0.484. The van der Waals surface area contributed by atoms with Crippen LogP contribution in [0.25, 0.3) is 0 Å². The molecule has 1 N–H and O–H groups in total. The zero-order chi connectivity index (χ0) is 8.43. The molecule has 0 fully saturated rings. The van der Waals surface area contributed by atoms with Crippen molar-refractivity contribution in [1.82, 2.24) is 0 Å². The fourth-order valence-electron chi connectivity index (χ4n) is 0.628. The Morgan fingerprint density at radius 1 is 1.55 bits per heavy atom. The number of hydrogen-bond donors (Lipinski definition) is 1. The Balaban J connectivity index is 3.25. The topological polar surface area (TPSA) is 29.5 Å². The van der Waals surface area contributed by atoms with Gasteiger partial charge in [-0.25, -0.2) is 0 Å². The second-order valence-electron chi connectivity index (χ2n) is 1.83. The molecule has 11 heavy (non-hydrogen) atoms. The Labute approximate surface area is 81.4 Å². The Kier molecular flexibility index (Phi) is 2.78. The Morgan fingerprint density at radius 3 is 2.73 bits per heavy atom. The highest BCUT2D eigenvalue weighted by molar-refractivity contribution is 9.13. The number of benzene rings is 1. The van der Waals surface area contributed by atoms with E-state index in [4.69, 9.17) is 4.74 Å².